The van der Waals surface area contributed by atoms with Crippen molar-refractivity contribution in [1.82, 2.24) is 19.9 Å². The van der Waals surface area contributed by atoms with Crippen molar-refractivity contribution in [3.05, 3.63) is 112 Å². The highest BCUT2D eigenvalue weighted by Gasteiger charge is 2.39. The molecule has 0 aliphatic rings. The Kier molecular flexibility index (Phi) is 10.9. The van der Waals surface area contributed by atoms with Crippen LogP contribution in [0.2, 0.25) is 18.1 Å². The van der Waals surface area contributed by atoms with Gasteiger partial charge in [-0.1, -0.05) is 45.0 Å². The largest absolute Gasteiger partial charge is 0.543 e. The number of hydrogen-bond donors (Lipinski definition) is 1. The first kappa shape index (κ1) is 37.5. The fraction of sp³-hybridized carbons (Fsp3) is 0.231. The average molecular weight is 813 g/mol. The summed E-state index contributed by atoms with van der Waals surface area (Å²) >= 11 is 4.98. The van der Waals surface area contributed by atoms with E-state index in [0.717, 1.165) is 10.4 Å². The van der Waals surface area contributed by atoms with Crippen molar-refractivity contribution in [1.29, 1.82) is 5.26 Å². The van der Waals surface area contributed by atoms with Crippen LogP contribution < -0.4 is 13.9 Å². The number of benzene rings is 3. The molecule has 0 radical (unpaired) electrons. The Hall–Kier alpha value is -5.23. The van der Waals surface area contributed by atoms with Crippen LogP contribution in [0.1, 0.15) is 37.6 Å². The minimum Gasteiger partial charge on any atom is -0.543 e. The summed E-state index contributed by atoms with van der Waals surface area (Å²) in [5.74, 6) is -0.0809. The van der Waals surface area contributed by atoms with Gasteiger partial charge in [0.2, 0.25) is 20.3 Å². The summed E-state index contributed by atoms with van der Waals surface area (Å²) < 4.78 is 33.3. The number of halogens is 2. The molecule has 270 valence electrons. The van der Waals surface area contributed by atoms with Crippen molar-refractivity contribution in [3.63, 3.8) is 0 Å². The van der Waals surface area contributed by atoms with Gasteiger partial charge in [-0.15, -0.1) is 11.3 Å². The maximum absolute atomic E-state index is 13.7. The summed E-state index contributed by atoms with van der Waals surface area (Å²) in [6, 6.07) is 22.4. The van der Waals surface area contributed by atoms with E-state index in [0.29, 0.717) is 54.4 Å². The fourth-order valence-electron chi connectivity index (χ4n) is 5.17. The van der Waals surface area contributed by atoms with Gasteiger partial charge in [0.25, 0.3) is 0 Å². The van der Waals surface area contributed by atoms with Gasteiger partial charge in [0.05, 0.1) is 32.1 Å². The number of thiophene rings is 1. The SMILES string of the molecule is CC(C)(C)[Si](C)(C)Oc1ccc(OCc2ccnc(-c3ccccc3C#N)n2)c(CC(Oc2ncnc3sc(-c4ccc(F)cc4)c(Br)c23)C(=O)O)c1. The molecule has 0 aliphatic heterocycles. The summed E-state index contributed by atoms with van der Waals surface area (Å²) in [7, 11) is -2.26. The molecule has 6 rings (SSSR count). The van der Waals surface area contributed by atoms with Gasteiger partial charge < -0.3 is 19.0 Å². The molecule has 14 heteroatoms. The number of nitrogens with zero attached hydrogens (tertiary/aromatic N) is 5. The Bertz CT molecular complexity index is 2340. The van der Waals surface area contributed by atoms with Gasteiger partial charge >= 0.3 is 5.97 Å². The third-order valence-corrected chi connectivity index (χ3v) is 15.6. The third-order valence-electron chi connectivity index (χ3n) is 9.02. The number of nitriles is 1. The van der Waals surface area contributed by atoms with Crippen molar-refractivity contribution in [2.24, 2.45) is 0 Å². The number of aromatic nitrogens is 4. The lowest BCUT2D eigenvalue weighted by Gasteiger charge is -2.36. The minimum absolute atomic E-state index is 0.0405. The van der Waals surface area contributed by atoms with Crippen molar-refractivity contribution < 1.29 is 28.2 Å². The number of carboxylic acid groups (broad SMARTS) is 1. The van der Waals surface area contributed by atoms with Crippen LogP contribution in [0.5, 0.6) is 17.4 Å². The van der Waals surface area contributed by atoms with E-state index in [9.17, 15) is 19.6 Å². The number of fused-ring (bicyclic) bond motifs is 1. The van der Waals surface area contributed by atoms with E-state index in [1.807, 2.05) is 12.1 Å². The smallest absolute Gasteiger partial charge is 0.345 e. The van der Waals surface area contributed by atoms with Crippen molar-refractivity contribution in [2.45, 2.75) is 58.0 Å². The molecule has 3 aromatic heterocycles. The Labute approximate surface area is 319 Å². The quantitative estimate of drug-likeness (QED) is 0.119. The van der Waals surface area contributed by atoms with Gasteiger partial charge in [-0.05, 0) is 88.2 Å². The molecule has 10 nitrogen and oxygen atoms in total. The Morgan fingerprint density at radius 3 is 2.53 bits per heavy atom. The van der Waals surface area contributed by atoms with Crippen LogP contribution >= 0.6 is 27.3 Å². The Morgan fingerprint density at radius 2 is 1.81 bits per heavy atom. The molecule has 1 unspecified atom stereocenters. The number of carbonyl (C=O) groups is 1. The molecular weight excluding hydrogens is 778 g/mol. The van der Waals surface area contributed by atoms with E-state index < -0.39 is 20.4 Å². The summed E-state index contributed by atoms with van der Waals surface area (Å²) in [6.07, 6.45) is 1.45. The molecule has 1 N–H and O–H groups in total. The van der Waals surface area contributed by atoms with Crippen molar-refractivity contribution in [2.75, 3.05) is 0 Å². The molecule has 3 heterocycles. The summed E-state index contributed by atoms with van der Waals surface area (Å²) in [5.41, 5.74) is 2.91. The van der Waals surface area contributed by atoms with Gasteiger partial charge in [-0.3, -0.25) is 0 Å². The molecule has 0 bridgehead atoms. The van der Waals surface area contributed by atoms with Crippen LogP contribution in [-0.2, 0) is 17.8 Å². The van der Waals surface area contributed by atoms with Gasteiger partial charge in [0, 0.05) is 23.7 Å². The summed E-state index contributed by atoms with van der Waals surface area (Å²) in [6.45, 7) is 10.7. The van der Waals surface area contributed by atoms with E-state index >= 15 is 0 Å². The first-order valence-electron chi connectivity index (χ1n) is 16.6. The zero-order valence-corrected chi connectivity index (χ0v) is 33.0. The number of aliphatic carboxylic acids is 1. The Morgan fingerprint density at radius 1 is 1.06 bits per heavy atom. The molecule has 0 fully saturated rings. The van der Waals surface area contributed by atoms with Gasteiger partial charge in [-0.2, -0.15) is 5.26 Å². The number of hydrogen-bond acceptors (Lipinski definition) is 10. The predicted octanol–water partition coefficient (Wildman–Crippen LogP) is 9.63. The highest BCUT2D eigenvalue weighted by atomic mass is 79.9. The first-order valence-corrected chi connectivity index (χ1v) is 21.1. The second-order valence-electron chi connectivity index (χ2n) is 13.7. The highest BCUT2D eigenvalue weighted by molar-refractivity contribution is 9.10. The van der Waals surface area contributed by atoms with Crippen LogP contribution in [0.15, 0.2) is 89.8 Å². The molecule has 0 saturated carbocycles. The van der Waals surface area contributed by atoms with Crippen LogP contribution in [0.4, 0.5) is 4.39 Å². The molecular formula is C39H35BrFN5O5SSi. The van der Waals surface area contributed by atoms with Crippen LogP contribution in [-0.4, -0.2) is 45.4 Å². The standard InChI is InChI=1S/C39H35BrFN5O5SSi/c1-39(2,3)53(4,5)51-28-14-15-30(49-21-27-16-17-43-35(46-27)29-9-7-6-8-24(29)20-42)25(18-28)19-31(38(47)48)50-36-32-33(40)34(52-37(32)45-22-44-36)23-10-12-26(41)13-11-23/h6-18,22,31H,19,21H2,1-5H3,(H,47,48). The zero-order valence-electron chi connectivity index (χ0n) is 29.6. The maximum Gasteiger partial charge on any atom is 0.345 e. The molecule has 1 atom stereocenters. The van der Waals surface area contributed by atoms with E-state index in [2.05, 4.69) is 75.8 Å². The zero-order chi connectivity index (χ0) is 37.9. The average Bonchev–Trinajstić information content (AvgIpc) is 3.47. The normalized spacial score (nSPS) is 12.3. The lowest BCUT2D eigenvalue weighted by atomic mass is 10.1. The van der Waals surface area contributed by atoms with Crippen LogP contribution in [0.3, 0.4) is 0 Å². The van der Waals surface area contributed by atoms with Gasteiger partial charge in [0.1, 0.15) is 35.1 Å². The van der Waals surface area contributed by atoms with E-state index in [1.165, 1.54) is 29.8 Å². The summed E-state index contributed by atoms with van der Waals surface area (Å²) in [4.78, 5) is 31.9. The van der Waals surface area contributed by atoms with Crippen molar-refractivity contribution in [3.8, 4) is 45.3 Å². The second-order valence-corrected chi connectivity index (χ2v) is 20.2. The van der Waals surface area contributed by atoms with E-state index in [-0.39, 0.29) is 29.8 Å². The topological polar surface area (TPSA) is 140 Å². The molecule has 0 amide bonds. The number of carboxylic acids is 1. The van der Waals surface area contributed by atoms with E-state index in [4.69, 9.17) is 13.9 Å². The predicted molar refractivity (Wildman–Crippen MR) is 207 cm³/mol. The lowest BCUT2D eigenvalue weighted by molar-refractivity contribution is -0.145. The molecule has 0 saturated heterocycles. The highest BCUT2D eigenvalue weighted by Crippen LogP contribution is 2.45. The molecule has 3 aromatic carbocycles. The Balaban J connectivity index is 1.32. The van der Waals surface area contributed by atoms with Crippen LogP contribution in [0, 0.1) is 17.1 Å². The first-order chi connectivity index (χ1) is 25.2. The molecule has 6 aromatic rings. The molecule has 0 spiro atoms. The van der Waals surface area contributed by atoms with Gasteiger partial charge in [-0.25, -0.2) is 29.1 Å². The maximum atomic E-state index is 13.7. The monoisotopic (exact) mass is 811 g/mol. The third kappa shape index (κ3) is 8.38. The van der Waals surface area contributed by atoms with E-state index in [1.54, 1.807) is 54.7 Å². The van der Waals surface area contributed by atoms with Gasteiger partial charge in [0.15, 0.2) is 5.82 Å². The minimum atomic E-state index is -2.26. The summed E-state index contributed by atoms with van der Waals surface area (Å²) in [5, 5.41) is 20.5. The second kappa shape index (κ2) is 15.4. The molecule has 0 aliphatic carbocycles. The van der Waals surface area contributed by atoms with Crippen LogP contribution in [0.25, 0.3) is 32.0 Å². The number of ether oxygens (including phenoxy) is 2. The fourth-order valence-corrected chi connectivity index (χ4v) is 8.18. The molecule has 53 heavy (non-hydrogen) atoms. The van der Waals surface area contributed by atoms with Crippen molar-refractivity contribution >= 4 is 51.8 Å². The number of rotatable bonds is 12. The lowest BCUT2D eigenvalue weighted by Crippen LogP contribution is -2.43.